The Labute approximate surface area is 120 Å². The Kier molecular flexibility index (Phi) is 4.27. The molecular formula is C13H15N5O3. The number of nitrogens with one attached hydrogen (secondary N) is 2. The summed E-state index contributed by atoms with van der Waals surface area (Å²) in [6.07, 6.45) is 0. The molecule has 0 aliphatic heterocycles. The molecule has 2 aromatic rings. The van der Waals surface area contributed by atoms with E-state index in [-0.39, 0.29) is 12.6 Å². The number of urea groups is 1. The number of nitrogens with zero attached hydrogens (tertiary/aromatic N) is 3. The molecule has 0 spiro atoms. The van der Waals surface area contributed by atoms with E-state index < -0.39 is 17.5 Å². The van der Waals surface area contributed by atoms with Gasteiger partial charge in [-0.1, -0.05) is 17.3 Å². The number of benzene rings is 1. The number of imide groups is 1. The largest absolute Gasteiger partial charge is 0.336 e. The minimum Gasteiger partial charge on any atom is -0.336 e. The van der Waals surface area contributed by atoms with Crippen molar-refractivity contribution in [3.63, 3.8) is 0 Å². The Morgan fingerprint density at radius 1 is 1.29 bits per heavy atom. The third kappa shape index (κ3) is 3.62. The quantitative estimate of drug-likeness (QED) is 0.829. The van der Waals surface area contributed by atoms with Crippen LogP contribution in [0.5, 0.6) is 0 Å². The molecule has 0 atom stereocenters. The van der Waals surface area contributed by atoms with Gasteiger partial charge in [0.15, 0.2) is 0 Å². The number of amides is 3. The second-order valence-corrected chi connectivity index (χ2v) is 4.75. The molecule has 0 fully saturated rings. The smallest absolute Gasteiger partial charge is 0.321 e. The maximum absolute atomic E-state index is 12.1. The van der Waals surface area contributed by atoms with Crippen LogP contribution in [-0.2, 0) is 11.3 Å². The van der Waals surface area contributed by atoms with Crippen LogP contribution in [0.4, 0.5) is 4.79 Å². The second kappa shape index (κ2) is 6.12. The van der Waals surface area contributed by atoms with E-state index in [1.807, 2.05) is 0 Å². The van der Waals surface area contributed by atoms with Crippen LogP contribution < -0.4 is 16.2 Å². The van der Waals surface area contributed by atoms with Crippen molar-refractivity contribution in [1.29, 1.82) is 0 Å². The van der Waals surface area contributed by atoms with E-state index in [4.69, 9.17) is 0 Å². The number of aromatic nitrogens is 3. The molecule has 0 radical (unpaired) electrons. The van der Waals surface area contributed by atoms with E-state index in [2.05, 4.69) is 20.9 Å². The van der Waals surface area contributed by atoms with Gasteiger partial charge < -0.3 is 5.32 Å². The standard InChI is InChI=1S/C13H15N5O3/c1-8(2)14-13(21)15-11(19)7-18-12(20)9-5-3-4-6-10(9)16-17-18/h3-6,8H,7H2,1-2H3,(H2,14,15,19,21). The summed E-state index contributed by atoms with van der Waals surface area (Å²) in [6.45, 7) is 3.16. The summed E-state index contributed by atoms with van der Waals surface area (Å²) in [6, 6.07) is 5.99. The van der Waals surface area contributed by atoms with Gasteiger partial charge in [0.05, 0.1) is 5.39 Å². The van der Waals surface area contributed by atoms with Crippen LogP contribution in [-0.4, -0.2) is 33.0 Å². The van der Waals surface area contributed by atoms with Gasteiger partial charge in [0.25, 0.3) is 5.56 Å². The van der Waals surface area contributed by atoms with Gasteiger partial charge in [0.1, 0.15) is 12.1 Å². The minimum absolute atomic E-state index is 0.0963. The summed E-state index contributed by atoms with van der Waals surface area (Å²) in [7, 11) is 0. The first kappa shape index (κ1) is 14.6. The molecule has 0 unspecified atom stereocenters. The third-order valence-electron chi connectivity index (χ3n) is 2.60. The van der Waals surface area contributed by atoms with Crippen molar-refractivity contribution < 1.29 is 9.59 Å². The molecule has 1 aromatic heterocycles. The van der Waals surface area contributed by atoms with E-state index in [1.54, 1.807) is 38.1 Å². The van der Waals surface area contributed by atoms with Crippen molar-refractivity contribution >= 4 is 22.8 Å². The lowest BCUT2D eigenvalue weighted by molar-refractivity contribution is -0.120. The van der Waals surface area contributed by atoms with Gasteiger partial charge in [-0.3, -0.25) is 14.9 Å². The van der Waals surface area contributed by atoms with Crippen LogP contribution >= 0.6 is 0 Å². The molecule has 8 heteroatoms. The topological polar surface area (TPSA) is 106 Å². The zero-order valence-electron chi connectivity index (χ0n) is 11.7. The van der Waals surface area contributed by atoms with Crippen molar-refractivity contribution in [3.8, 4) is 0 Å². The van der Waals surface area contributed by atoms with E-state index >= 15 is 0 Å². The number of hydrogen-bond acceptors (Lipinski definition) is 5. The SMILES string of the molecule is CC(C)NC(=O)NC(=O)Cn1nnc2ccccc2c1=O. The summed E-state index contributed by atoms with van der Waals surface area (Å²) in [5.41, 5.74) is 0.0247. The van der Waals surface area contributed by atoms with Gasteiger partial charge in [0.2, 0.25) is 5.91 Å². The van der Waals surface area contributed by atoms with Crippen LogP contribution in [0.15, 0.2) is 29.1 Å². The Balaban J connectivity index is 2.13. The first-order chi connectivity index (χ1) is 9.97. The van der Waals surface area contributed by atoms with Crippen LogP contribution in [0, 0.1) is 0 Å². The molecule has 1 aromatic carbocycles. The van der Waals surface area contributed by atoms with Gasteiger partial charge in [-0.05, 0) is 26.0 Å². The average Bonchev–Trinajstić information content (AvgIpc) is 2.41. The van der Waals surface area contributed by atoms with Gasteiger partial charge in [-0.2, -0.15) is 0 Å². The maximum atomic E-state index is 12.1. The zero-order valence-corrected chi connectivity index (χ0v) is 11.7. The van der Waals surface area contributed by atoms with Crippen LogP contribution in [0.2, 0.25) is 0 Å². The van der Waals surface area contributed by atoms with E-state index in [0.717, 1.165) is 4.68 Å². The second-order valence-electron chi connectivity index (χ2n) is 4.75. The number of rotatable bonds is 3. The number of fused-ring (bicyclic) bond motifs is 1. The highest BCUT2D eigenvalue weighted by molar-refractivity contribution is 5.94. The Hall–Kier alpha value is -2.77. The van der Waals surface area contributed by atoms with Gasteiger partial charge in [-0.15, -0.1) is 5.10 Å². The lowest BCUT2D eigenvalue weighted by Gasteiger charge is -2.09. The van der Waals surface area contributed by atoms with Gasteiger partial charge in [0, 0.05) is 6.04 Å². The average molecular weight is 289 g/mol. The Morgan fingerprint density at radius 3 is 2.71 bits per heavy atom. The summed E-state index contributed by atoms with van der Waals surface area (Å²) in [4.78, 5) is 35.2. The van der Waals surface area contributed by atoms with Crippen molar-refractivity contribution in [2.45, 2.75) is 26.4 Å². The molecule has 0 saturated carbocycles. The molecule has 2 rings (SSSR count). The van der Waals surface area contributed by atoms with Crippen LogP contribution in [0.3, 0.4) is 0 Å². The van der Waals surface area contributed by atoms with Crippen molar-refractivity contribution in [2.24, 2.45) is 0 Å². The molecule has 110 valence electrons. The van der Waals surface area contributed by atoms with Crippen molar-refractivity contribution in [1.82, 2.24) is 25.6 Å². The van der Waals surface area contributed by atoms with Crippen molar-refractivity contribution in [3.05, 3.63) is 34.6 Å². The maximum Gasteiger partial charge on any atom is 0.321 e. The lowest BCUT2D eigenvalue weighted by atomic mass is 10.2. The molecule has 3 amide bonds. The predicted molar refractivity (Wildman–Crippen MR) is 75.6 cm³/mol. The highest BCUT2D eigenvalue weighted by atomic mass is 16.2. The molecule has 0 saturated heterocycles. The van der Waals surface area contributed by atoms with E-state index in [1.165, 1.54) is 0 Å². The molecule has 0 bridgehead atoms. The summed E-state index contributed by atoms with van der Waals surface area (Å²) in [5, 5.41) is 12.5. The molecule has 1 heterocycles. The van der Waals surface area contributed by atoms with Gasteiger partial charge >= 0.3 is 6.03 Å². The zero-order chi connectivity index (χ0) is 15.4. The molecule has 2 N–H and O–H groups in total. The first-order valence-corrected chi connectivity index (χ1v) is 6.40. The van der Waals surface area contributed by atoms with Crippen molar-refractivity contribution in [2.75, 3.05) is 0 Å². The normalized spacial score (nSPS) is 10.6. The van der Waals surface area contributed by atoms with E-state index in [0.29, 0.717) is 10.9 Å². The molecule has 21 heavy (non-hydrogen) atoms. The first-order valence-electron chi connectivity index (χ1n) is 6.40. The third-order valence-corrected chi connectivity index (χ3v) is 2.60. The number of carbonyl (C=O) groups is 2. The number of carbonyl (C=O) groups excluding carboxylic acids is 2. The fourth-order valence-corrected chi connectivity index (χ4v) is 1.73. The minimum atomic E-state index is -0.639. The van der Waals surface area contributed by atoms with Gasteiger partial charge in [-0.25, -0.2) is 9.48 Å². The molecule has 0 aliphatic carbocycles. The molecular weight excluding hydrogens is 274 g/mol. The Bertz CT molecular complexity index is 738. The summed E-state index contributed by atoms with van der Waals surface area (Å²) >= 11 is 0. The highest BCUT2D eigenvalue weighted by Gasteiger charge is 2.12. The number of hydrogen-bond donors (Lipinski definition) is 2. The molecule has 8 nitrogen and oxygen atoms in total. The van der Waals surface area contributed by atoms with E-state index in [9.17, 15) is 14.4 Å². The van der Waals surface area contributed by atoms with Crippen LogP contribution in [0.25, 0.3) is 10.9 Å². The predicted octanol–water partition coefficient (Wildman–Crippen LogP) is 0.0257. The monoisotopic (exact) mass is 289 g/mol. The Morgan fingerprint density at radius 2 is 2.00 bits per heavy atom. The fourth-order valence-electron chi connectivity index (χ4n) is 1.73. The molecule has 0 aliphatic rings. The summed E-state index contributed by atoms with van der Waals surface area (Å²) in [5.74, 6) is -0.639. The fraction of sp³-hybridized carbons (Fsp3) is 0.308. The van der Waals surface area contributed by atoms with Crippen LogP contribution in [0.1, 0.15) is 13.8 Å². The lowest BCUT2D eigenvalue weighted by Crippen LogP contribution is -2.44. The highest BCUT2D eigenvalue weighted by Crippen LogP contribution is 2.02. The summed E-state index contributed by atoms with van der Waals surface area (Å²) < 4.78 is 0.917.